The van der Waals surface area contributed by atoms with Gasteiger partial charge in [0.05, 0.1) is 5.69 Å². The van der Waals surface area contributed by atoms with Crippen LogP contribution < -0.4 is 0 Å². The van der Waals surface area contributed by atoms with E-state index in [1.165, 1.54) is 32.1 Å². The van der Waals surface area contributed by atoms with Gasteiger partial charge in [-0.3, -0.25) is 0 Å². The van der Waals surface area contributed by atoms with Crippen molar-refractivity contribution in [2.45, 2.75) is 52.4 Å². The van der Waals surface area contributed by atoms with Gasteiger partial charge in [0.15, 0.2) is 0 Å². The molecule has 1 aliphatic rings. The van der Waals surface area contributed by atoms with Crippen LogP contribution in [0.15, 0.2) is 10.6 Å². The zero-order chi connectivity index (χ0) is 10.7. The number of rotatable bonds is 3. The van der Waals surface area contributed by atoms with Crippen molar-refractivity contribution in [2.24, 2.45) is 11.8 Å². The van der Waals surface area contributed by atoms with Crippen LogP contribution in [0.2, 0.25) is 0 Å². The van der Waals surface area contributed by atoms with Crippen molar-refractivity contribution in [3.8, 4) is 0 Å². The molecule has 2 nitrogen and oxygen atoms in total. The van der Waals surface area contributed by atoms with Gasteiger partial charge in [-0.15, -0.1) is 0 Å². The van der Waals surface area contributed by atoms with Crippen molar-refractivity contribution >= 4 is 0 Å². The lowest BCUT2D eigenvalue weighted by Crippen LogP contribution is -2.16. The van der Waals surface area contributed by atoms with Gasteiger partial charge in [-0.2, -0.15) is 0 Å². The summed E-state index contributed by atoms with van der Waals surface area (Å²) in [6.45, 7) is 4.30. The minimum absolute atomic E-state index is 0.830. The lowest BCUT2D eigenvalue weighted by Gasteiger charge is -2.27. The Morgan fingerprint density at radius 3 is 2.87 bits per heavy atom. The van der Waals surface area contributed by atoms with Crippen LogP contribution >= 0.6 is 0 Å². The second-order valence-electron chi connectivity index (χ2n) is 4.95. The third-order valence-electron chi connectivity index (χ3n) is 3.64. The first-order chi connectivity index (χ1) is 7.28. The molecule has 0 radical (unpaired) electrons. The molecule has 2 atom stereocenters. The van der Waals surface area contributed by atoms with Crippen molar-refractivity contribution in [2.75, 3.05) is 0 Å². The summed E-state index contributed by atoms with van der Waals surface area (Å²) in [4.78, 5) is 0. The molecule has 0 amide bonds. The summed E-state index contributed by atoms with van der Waals surface area (Å²) in [7, 11) is 0. The third kappa shape index (κ3) is 2.83. The lowest BCUT2D eigenvalue weighted by molar-refractivity contribution is 0.243. The smallest absolute Gasteiger partial charge is 0.137 e. The van der Waals surface area contributed by atoms with Crippen molar-refractivity contribution in [3.05, 3.63) is 17.5 Å². The lowest BCUT2D eigenvalue weighted by atomic mass is 9.78. The van der Waals surface area contributed by atoms with Gasteiger partial charge < -0.3 is 4.52 Å². The molecule has 0 aliphatic heterocycles. The maximum atomic E-state index is 5.29. The monoisotopic (exact) mass is 207 g/mol. The molecule has 2 unspecified atom stereocenters. The van der Waals surface area contributed by atoms with E-state index in [1.54, 1.807) is 0 Å². The Balaban J connectivity index is 1.88. The van der Waals surface area contributed by atoms with E-state index in [2.05, 4.69) is 18.1 Å². The molecular weight excluding hydrogens is 186 g/mol. The van der Waals surface area contributed by atoms with E-state index in [0.29, 0.717) is 0 Å². The molecule has 1 aromatic rings. The summed E-state index contributed by atoms with van der Waals surface area (Å²) >= 11 is 0. The molecule has 0 bridgehead atoms. The van der Waals surface area contributed by atoms with Gasteiger partial charge in [0, 0.05) is 12.5 Å². The van der Waals surface area contributed by atoms with Crippen LogP contribution in [0.4, 0.5) is 0 Å². The molecule has 1 aromatic heterocycles. The van der Waals surface area contributed by atoms with E-state index in [0.717, 1.165) is 29.7 Å². The van der Waals surface area contributed by atoms with Gasteiger partial charge in [0.2, 0.25) is 0 Å². The highest BCUT2D eigenvalue weighted by atomic mass is 16.5. The van der Waals surface area contributed by atoms with Crippen LogP contribution in [0, 0.1) is 18.8 Å². The fourth-order valence-corrected chi connectivity index (χ4v) is 2.76. The molecular formula is C13H21NO. The van der Waals surface area contributed by atoms with Crippen molar-refractivity contribution in [1.29, 1.82) is 0 Å². The second-order valence-corrected chi connectivity index (χ2v) is 4.95. The fourth-order valence-electron chi connectivity index (χ4n) is 2.76. The Morgan fingerprint density at radius 2 is 2.20 bits per heavy atom. The van der Waals surface area contributed by atoms with Crippen LogP contribution in [0.5, 0.6) is 0 Å². The minimum Gasteiger partial charge on any atom is -0.361 e. The van der Waals surface area contributed by atoms with Gasteiger partial charge in [0.1, 0.15) is 5.76 Å². The van der Waals surface area contributed by atoms with E-state index in [-0.39, 0.29) is 0 Å². The number of nitrogens with zero attached hydrogens (tertiary/aromatic N) is 1. The summed E-state index contributed by atoms with van der Waals surface area (Å²) in [5.41, 5.74) is 1.01. The molecule has 15 heavy (non-hydrogen) atoms. The summed E-state index contributed by atoms with van der Waals surface area (Å²) in [5, 5.41) is 3.95. The molecule has 84 valence electrons. The maximum Gasteiger partial charge on any atom is 0.137 e. The van der Waals surface area contributed by atoms with E-state index in [4.69, 9.17) is 4.52 Å². The average molecular weight is 207 g/mol. The molecule has 1 fully saturated rings. The molecule has 1 heterocycles. The fraction of sp³-hybridized carbons (Fsp3) is 0.769. The molecule has 1 saturated carbocycles. The number of hydrogen-bond acceptors (Lipinski definition) is 2. The molecule has 2 rings (SSSR count). The van der Waals surface area contributed by atoms with Crippen LogP contribution in [0.3, 0.4) is 0 Å². The van der Waals surface area contributed by atoms with Crippen LogP contribution in [-0.2, 0) is 6.42 Å². The Hall–Kier alpha value is -0.790. The maximum absolute atomic E-state index is 5.29. The molecule has 2 heteroatoms. The highest BCUT2D eigenvalue weighted by Crippen LogP contribution is 2.32. The zero-order valence-electron chi connectivity index (χ0n) is 9.83. The number of hydrogen-bond donors (Lipinski definition) is 0. The Kier molecular flexibility index (Phi) is 3.45. The minimum atomic E-state index is 0.830. The molecule has 1 aliphatic carbocycles. The highest BCUT2D eigenvalue weighted by Gasteiger charge is 2.21. The topological polar surface area (TPSA) is 26.0 Å². The molecule has 0 spiro atoms. The normalized spacial score (nSPS) is 26.8. The number of aryl methyl sites for hydroxylation is 1. The van der Waals surface area contributed by atoms with E-state index in [1.807, 2.05) is 6.92 Å². The highest BCUT2D eigenvalue weighted by molar-refractivity contribution is 5.04. The standard InChI is InChI=1S/C13H21NO/c1-3-11-5-4-6-12(8-11)9-13-7-10(2)14-15-13/h7,11-12H,3-6,8-9H2,1-2H3. The largest absolute Gasteiger partial charge is 0.361 e. The van der Waals surface area contributed by atoms with Gasteiger partial charge in [0.25, 0.3) is 0 Å². The van der Waals surface area contributed by atoms with Gasteiger partial charge in [-0.1, -0.05) is 31.3 Å². The van der Waals surface area contributed by atoms with Crippen LogP contribution in [0.25, 0.3) is 0 Å². The predicted molar refractivity (Wildman–Crippen MR) is 60.7 cm³/mol. The Bertz CT molecular complexity index is 305. The van der Waals surface area contributed by atoms with Crippen molar-refractivity contribution in [3.63, 3.8) is 0 Å². The van der Waals surface area contributed by atoms with Crippen molar-refractivity contribution < 1.29 is 4.52 Å². The average Bonchev–Trinajstić information content (AvgIpc) is 2.64. The van der Waals surface area contributed by atoms with Gasteiger partial charge in [-0.05, 0) is 31.6 Å². The quantitative estimate of drug-likeness (QED) is 0.754. The van der Waals surface area contributed by atoms with Gasteiger partial charge in [-0.25, -0.2) is 0 Å². The predicted octanol–water partition coefficient (Wildman–Crippen LogP) is 3.74. The summed E-state index contributed by atoms with van der Waals surface area (Å²) in [5.74, 6) is 2.86. The van der Waals surface area contributed by atoms with Crippen LogP contribution in [0.1, 0.15) is 50.5 Å². The van der Waals surface area contributed by atoms with Crippen molar-refractivity contribution in [1.82, 2.24) is 5.16 Å². The van der Waals surface area contributed by atoms with E-state index in [9.17, 15) is 0 Å². The Morgan fingerprint density at radius 1 is 1.40 bits per heavy atom. The zero-order valence-corrected chi connectivity index (χ0v) is 9.83. The van der Waals surface area contributed by atoms with E-state index < -0.39 is 0 Å². The summed E-state index contributed by atoms with van der Waals surface area (Å²) < 4.78 is 5.29. The van der Waals surface area contributed by atoms with E-state index >= 15 is 0 Å². The number of aromatic nitrogens is 1. The summed E-state index contributed by atoms with van der Waals surface area (Å²) in [6.07, 6.45) is 8.02. The SMILES string of the molecule is CCC1CCCC(Cc2cc(C)no2)C1. The second kappa shape index (κ2) is 4.82. The first-order valence-electron chi connectivity index (χ1n) is 6.20. The first kappa shape index (κ1) is 10.7. The summed E-state index contributed by atoms with van der Waals surface area (Å²) in [6, 6.07) is 2.08. The molecule has 0 aromatic carbocycles. The molecule has 0 saturated heterocycles. The molecule has 0 N–H and O–H groups in total. The third-order valence-corrected chi connectivity index (χ3v) is 3.64. The van der Waals surface area contributed by atoms with Crippen LogP contribution in [-0.4, -0.2) is 5.16 Å². The van der Waals surface area contributed by atoms with Gasteiger partial charge >= 0.3 is 0 Å². The first-order valence-corrected chi connectivity index (χ1v) is 6.20. The Labute approximate surface area is 92.0 Å².